The number of rotatable bonds is 6. The number of ketones is 1. The van der Waals surface area contributed by atoms with Gasteiger partial charge in [0.25, 0.3) is 0 Å². The minimum atomic E-state index is -1.28. The van der Waals surface area contributed by atoms with Crippen LogP contribution in [0.15, 0.2) is 6.20 Å². The molecule has 1 aromatic heterocycles. The fourth-order valence-electron chi connectivity index (χ4n) is 1.62. The Balaban J connectivity index is 2.99. The predicted molar refractivity (Wildman–Crippen MR) is 60.2 cm³/mol. The van der Waals surface area contributed by atoms with Crippen LogP contribution in [0.1, 0.15) is 50.5 Å². The molecular formula is C11H19N3O2. The molecule has 0 saturated carbocycles. The zero-order valence-corrected chi connectivity index (χ0v) is 10.1. The van der Waals surface area contributed by atoms with Gasteiger partial charge in [-0.15, -0.1) is 5.10 Å². The van der Waals surface area contributed by atoms with Crippen LogP contribution in [0.25, 0.3) is 0 Å². The third kappa shape index (κ3) is 2.29. The zero-order chi connectivity index (χ0) is 12.2. The summed E-state index contributed by atoms with van der Waals surface area (Å²) in [6.45, 7) is 6.25. The number of Topliss-reactive ketones (excluding diaryl/α,β-unsaturated/α-hetero) is 1. The second kappa shape index (κ2) is 5.21. The molecular weight excluding hydrogens is 206 g/mol. The van der Waals surface area contributed by atoms with Crippen molar-refractivity contribution >= 4 is 5.78 Å². The van der Waals surface area contributed by atoms with Crippen LogP contribution in [0.5, 0.6) is 0 Å². The van der Waals surface area contributed by atoms with Gasteiger partial charge in [0.05, 0.1) is 6.20 Å². The van der Waals surface area contributed by atoms with Crippen LogP contribution in [-0.4, -0.2) is 31.5 Å². The number of aromatic nitrogens is 3. The molecule has 5 heteroatoms. The Bertz CT molecular complexity index is 356. The zero-order valence-electron chi connectivity index (χ0n) is 10.1. The minimum absolute atomic E-state index is 0.282. The van der Waals surface area contributed by atoms with Gasteiger partial charge in [-0.05, 0) is 19.3 Å². The second-order valence-electron chi connectivity index (χ2n) is 3.91. The fourth-order valence-corrected chi connectivity index (χ4v) is 1.62. The summed E-state index contributed by atoms with van der Waals surface area (Å²) < 4.78 is 1.55. The van der Waals surface area contributed by atoms with E-state index in [0.717, 1.165) is 6.42 Å². The Labute approximate surface area is 95.5 Å². The molecule has 16 heavy (non-hydrogen) atoms. The molecule has 1 N–H and O–H groups in total. The van der Waals surface area contributed by atoms with Crippen molar-refractivity contribution in [2.75, 3.05) is 0 Å². The number of hydrogen-bond acceptors (Lipinski definition) is 4. The van der Waals surface area contributed by atoms with Crippen LogP contribution >= 0.6 is 0 Å². The number of carbonyl (C=O) groups is 1. The van der Waals surface area contributed by atoms with Crippen molar-refractivity contribution < 1.29 is 9.90 Å². The molecule has 90 valence electrons. The van der Waals surface area contributed by atoms with Crippen molar-refractivity contribution in [3.05, 3.63) is 11.9 Å². The Morgan fingerprint density at radius 3 is 2.56 bits per heavy atom. The molecule has 1 heterocycles. The van der Waals surface area contributed by atoms with Crippen LogP contribution in [0.4, 0.5) is 0 Å². The maximum absolute atomic E-state index is 12.1. The highest BCUT2D eigenvalue weighted by Gasteiger charge is 2.34. The Hall–Kier alpha value is -1.23. The van der Waals surface area contributed by atoms with Crippen LogP contribution in [0.3, 0.4) is 0 Å². The average molecular weight is 225 g/mol. The Morgan fingerprint density at radius 2 is 2.06 bits per heavy atom. The second-order valence-corrected chi connectivity index (χ2v) is 3.91. The average Bonchev–Trinajstić information content (AvgIpc) is 2.75. The van der Waals surface area contributed by atoms with Gasteiger partial charge in [0, 0.05) is 6.54 Å². The number of nitrogens with zero attached hydrogens (tertiary/aromatic N) is 3. The summed E-state index contributed by atoms with van der Waals surface area (Å²) in [4.78, 5) is 12.1. The first-order valence-corrected chi connectivity index (χ1v) is 5.74. The van der Waals surface area contributed by atoms with Crippen molar-refractivity contribution in [3.8, 4) is 0 Å². The van der Waals surface area contributed by atoms with Crippen LogP contribution in [-0.2, 0) is 6.54 Å². The third-order valence-electron chi connectivity index (χ3n) is 2.88. The summed E-state index contributed by atoms with van der Waals surface area (Å²) in [6, 6.07) is 0. The number of aliphatic hydroxyl groups is 1. The molecule has 1 rings (SSSR count). The SMILES string of the molecule is CCCn1nncc1C(=O)C(O)(CC)CC. The molecule has 0 bridgehead atoms. The number of aryl methyl sites for hydroxylation is 1. The van der Waals surface area contributed by atoms with Gasteiger partial charge in [-0.25, -0.2) is 4.68 Å². The van der Waals surface area contributed by atoms with Crippen LogP contribution in [0.2, 0.25) is 0 Å². The van der Waals surface area contributed by atoms with E-state index in [-0.39, 0.29) is 5.78 Å². The standard InChI is InChI=1S/C11H19N3O2/c1-4-7-14-9(8-12-13-14)10(15)11(16,5-2)6-3/h8,16H,4-7H2,1-3H3. The Kier molecular flexibility index (Phi) is 4.18. The monoisotopic (exact) mass is 225 g/mol. The highest BCUT2D eigenvalue weighted by atomic mass is 16.3. The molecule has 0 aromatic carbocycles. The van der Waals surface area contributed by atoms with Crippen molar-refractivity contribution in [1.82, 2.24) is 15.0 Å². The highest BCUT2D eigenvalue weighted by molar-refractivity contribution is 6.00. The summed E-state index contributed by atoms with van der Waals surface area (Å²) in [5.41, 5.74) is -0.888. The van der Waals surface area contributed by atoms with E-state index in [9.17, 15) is 9.90 Å². The van der Waals surface area contributed by atoms with Gasteiger partial charge in [0.15, 0.2) is 0 Å². The molecule has 5 nitrogen and oxygen atoms in total. The van der Waals surface area contributed by atoms with E-state index in [2.05, 4.69) is 10.3 Å². The first-order chi connectivity index (χ1) is 7.59. The lowest BCUT2D eigenvalue weighted by molar-refractivity contribution is 0.0267. The molecule has 0 fully saturated rings. The molecule has 0 aliphatic carbocycles. The number of carbonyl (C=O) groups excluding carboxylic acids is 1. The first-order valence-electron chi connectivity index (χ1n) is 5.74. The number of hydrogen-bond donors (Lipinski definition) is 1. The summed E-state index contributed by atoms with van der Waals surface area (Å²) in [6.07, 6.45) is 3.11. The molecule has 0 aliphatic rings. The van der Waals surface area contributed by atoms with Gasteiger partial charge >= 0.3 is 0 Å². The van der Waals surface area contributed by atoms with Gasteiger partial charge in [-0.3, -0.25) is 4.79 Å². The summed E-state index contributed by atoms with van der Waals surface area (Å²) >= 11 is 0. The molecule has 0 radical (unpaired) electrons. The largest absolute Gasteiger partial charge is 0.382 e. The summed E-state index contributed by atoms with van der Waals surface area (Å²) in [7, 11) is 0. The molecule has 0 saturated heterocycles. The van der Waals surface area contributed by atoms with Gasteiger partial charge in [0.2, 0.25) is 5.78 Å². The Morgan fingerprint density at radius 1 is 1.44 bits per heavy atom. The topological polar surface area (TPSA) is 68.0 Å². The normalized spacial score (nSPS) is 11.8. The molecule has 0 amide bonds. The highest BCUT2D eigenvalue weighted by Crippen LogP contribution is 2.20. The van der Waals surface area contributed by atoms with E-state index < -0.39 is 5.60 Å². The maximum Gasteiger partial charge on any atom is 0.213 e. The lowest BCUT2D eigenvalue weighted by atomic mass is 9.90. The van der Waals surface area contributed by atoms with Crippen molar-refractivity contribution in [3.63, 3.8) is 0 Å². The predicted octanol–water partition coefficient (Wildman–Crippen LogP) is 1.42. The summed E-state index contributed by atoms with van der Waals surface area (Å²) in [5.74, 6) is -0.282. The van der Waals surface area contributed by atoms with Crippen molar-refractivity contribution in [2.45, 2.75) is 52.2 Å². The van der Waals surface area contributed by atoms with E-state index in [1.165, 1.54) is 6.20 Å². The van der Waals surface area contributed by atoms with E-state index in [0.29, 0.717) is 25.1 Å². The molecule has 1 aromatic rings. The quantitative estimate of drug-likeness (QED) is 0.743. The lowest BCUT2D eigenvalue weighted by Gasteiger charge is -2.23. The molecule has 0 unspecified atom stereocenters. The van der Waals surface area contributed by atoms with Crippen molar-refractivity contribution in [1.29, 1.82) is 0 Å². The van der Waals surface area contributed by atoms with Gasteiger partial charge < -0.3 is 5.11 Å². The smallest absolute Gasteiger partial charge is 0.213 e. The lowest BCUT2D eigenvalue weighted by Crippen LogP contribution is -2.38. The summed E-state index contributed by atoms with van der Waals surface area (Å²) in [5, 5.41) is 17.7. The third-order valence-corrected chi connectivity index (χ3v) is 2.88. The van der Waals surface area contributed by atoms with E-state index in [1.807, 2.05) is 6.92 Å². The van der Waals surface area contributed by atoms with E-state index in [4.69, 9.17) is 0 Å². The molecule has 0 aliphatic heterocycles. The minimum Gasteiger partial charge on any atom is -0.382 e. The van der Waals surface area contributed by atoms with Gasteiger partial charge in [-0.2, -0.15) is 0 Å². The van der Waals surface area contributed by atoms with Crippen LogP contribution in [0, 0.1) is 0 Å². The van der Waals surface area contributed by atoms with Crippen LogP contribution < -0.4 is 0 Å². The first kappa shape index (κ1) is 12.8. The fraction of sp³-hybridized carbons (Fsp3) is 0.727. The van der Waals surface area contributed by atoms with Gasteiger partial charge in [0.1, 0.15) is 11.3 Å². The maximum atomic E-state index is 12.1. The molecule has 0 spiro atoms. The van der Waals surface area contributed by atoms with Gasteiger partial charge in [-0.1, -0.05) is 26.0 Å². The van der Waals surface area contributed by atoms with E-state index in [1.54, 1.807) is 18.5 Å². The van der Waals surface area contributed by atoms with Crippen molar-refractivity contribution in [2.24, 2.45) is 0 Å². The molecule has 0 atom stereocenters. The van der Waals surface area contributed by atoms with E-state index >= 15 is 0 Å².